The molecule has 9 nitrogen and oxygen atoms in total. The lowest BCUT2D eigenvalue weighted by Gasteiger charge is -2.73. The monoisotopic (exact) mass is 638 g/mol. The fraction of sp³-hybridized carbons (Fsp3) is 1.00. The fourth-order valence-electron chi connectivity index (χ4n) is 13.5. The fourth-order valence-corrected chi connectivity index (χ4v) is 13.5. The second kappa shape index (κ2) is 11.1. The zero-order valence-corrected chi connectivity index (χ0v) is 28.7. The van der Waals surface area contributed by atoms with E-state index in [-0.39, 0.29) is 51.6 Å². The molecule has 1 heterocycles. The third-order valence-electron chi connectivity index (χ3n) is 15.9. The first-order valence-electron chi connectivity index (χ1n) is 17.8. The minimum atomic E-state index is -1.46. The highest BCUT2D eigenvalue weighted by molar-refractivity contribution is 5.21. The van der Waals surface area contributed by atoms with Crippen molar-refractivity contribution in [1.29, 1.82) is 0 Å². The Balaban J connectivity index is 1.27. The molecule has 0 radical (unpaired) electrons. The average molecular weight is 639 g/mol. The Morgan fingerprint density at radius 3 is 2.09 bits per heavy atom. The molecule has 0 aromatic carbocycles. The van der Waals surface area contributed by atoms with Crippen LogP contribution in [-0.4, -0.2) is 97.5 Å². The van der Waals surface area contributed by atoms with E-state index in [0.717, 1.165) is 51.4 Å². The predicted octanol–water partition coefficient (Wildman–Crippen LogP) is 2.99. The molecule has 1 saturated heterocycles. The minimum Gasteiger partial charge on any atom is -0.396 e. The molecular weight excluding hydrogens is 576 g/mol. The molecule has 9 heteroatoms. The van der Waals surface area contributed by atoms with Crippen LogP contribution < -0.4 is 0 Å². The smallest absolute Gasteiger partial charge is 0.186 e. The van der Waals surface area contributed by atoms with Gasteiger partial charge in [-0.2, -0.15) is 0 Å². The second-order valence-electron chi connectivity index (χ2n) is 18.3. The summed E-state index contributed by atoms with van der Waals surface area (Å²) < 4.78 is 12.2. The summed E-state index contributed by atoms with van der Waals surface area (Å²) in [5, 5.41) is 74.6. The van der Waals surface area contributed by atoms with Crippen molar-refractivity contribution in [2.75, 3.05) is 13.2 Å². The average Bonchev–Trinajstić information content (AvgIpc) is 3.27. The van der Waals surface area contributed by atoms with Gasteiger partial charge < -0.3 is 45.2 Å². The van der Waals surface area contributed by atoms with E-state index in [1.54, 1.807) is 0 Å². The molecule has 0 spiro atoms. The van der Waals surface area contributed by atoms with Crippen LogP contribution in [0.15, 0.2) is 0 Å². The van der Waals surface area contributed by atoms with Crippen molar-refractivity contribution in [2.45, 2.75) is 155 Å². The summed E-state index contributed by atoms with van der Waals surface area (Å²) in [4.78, 5) is 0. The van der Waals surface area contributed by atoms with Crippen LogP contribution in [0.3, 0.4) is 0 Å². The summed E-state index contributed by atoms with van der Waals surface area (Å²) >= 11 is 0. The van der Waals surface area contributed by atoms with E-state index in [9.17, 15) is 35.7 Å². The normalized spacial score (nSPS) is 56.1. The van der Waals surface area contributed by atoms with E-state index in [2.05, 4.69) is 34.6 Å². The Labute approximate surface area is 269 Å². The quantitative estimate of drug-likeness (QED) is 0.225. The molecule has 6 rings (SSSR count). The molecule has 6 fully saturated rings. The summed E-state index contributed by atoms with van der Waals surface area (Å²) in [5.74, 6) is 1.01. The highest BCUT2D eigenvalue weighted by Crippen LogP contribution is 2.77. The van der Waals surface area contributed by atoms with E-state index in [1.807, 2.05) is 13.8 Å². The molecule has 0 amide bonds. The van der Waals surface area contributed by atoms with Crippen LogP contribution in [0.4, 0.5) is 0 Å². The molecule has 45 heavy (non-hydrogen) atoms. The molecule has 0 aromatic rings. The molecule has 6 aliphatic rings. The number of fused-ring (bicyclic) bond motifs is 7. The van der Waals surface area contributed by atoms with E-state index in [0.29, 0.717) is 24.2 Å². The van der Waals surface area contributed by atoms with Crippen LogP contribution in [0, 0.1) is 56.7 Å². The molecular formula is C36H62O9. The Morgan fingerprint density at radius 2 is 1.47 bits per heavy atom. The van der Waals surface area contributed by atoms with Crippen molar-refractivity contribution >= 4 is 0 Å². The Hall–Kier alpha value is -0.360. The van der Waals surface area contributed by atoms with Crippen molar-refractivity contribution in [3.05, 3.63) is 0 Å². The highest BCUT2D eigenvalue weighted by Gasteiger charge is 2.72. The van der Waals surface area contributed by atoms with Crippen molar-refractivity contribution < 1.29 is 45.2 Å². The highest BCUT2D eigenvalue weighted by atomic mass is 16.7. The minimum absolute atomic E-state index is 0.0224. The first-order chi connectivity index (χ1) is 20.8. The molecule has 16 atom stereocenters. The largest absolute Gasteiger partial charge is 0.396 e. The first kappa shape index (κ1) is 34.5. The van der Waals surface area contributed by atoms with Crippen molar-refractivity contribution in [1.82, 2.24) is 0 Å². The van der Waals surface area contributed by atoms with Crippen LogP contribution in [0.25, 0.3) is 0 Å². The molecule has 16 unspecified atom stereocenters. The third kappa shape index (κ3) is 4.72. The topological polar surface area (TPSA) is 160 Å². The Bertz CT molecular complexity index is 1110. The van der Waals surface area contributed by atoms with Crippen molar-refractivity contribution in [2.24, 2.45) is 56.7 Å². The van der Waals surface area contributed by atoms with Crippen LogP contribution in [0.1, 0.15) is 106 Å². The number of rotatable bonds is 5. The second-order valence-corrected chi connectivity index (χ2v) is 18.3. The van der Waals surface area contributed by atoms with Gasteiger partial charge in [-0.1, -0.05) is 34.6 Å². The standard InChI is InChI=1S/C36H62O9/c1-31(2)22-10-13-35(7)23(33(22,5)12-11-24(31)45-30-29(42)28(41)27(40)21(17-37)44-30)9-8-19-25-26(32(3,4)43)20(39)16-36(25,18-38)15-14-34(19,35)6/h19-30,37-43H,8-18H2,1-7H3. The lowest BCUT2D eigenvalue weighted by molar-refractivity contribution is -0.332. The van der Waals surface area contributed by atoms with Crippen molar-refractivity contribution in [3.8, 4) is 0 Å². The SMILES string of the molecule is CC(C)(O)C1C(O)CC2(CO)CCC3(C)C(CCC4C5(C)CCC(OC6OC(CO)C(O)C(O)C6O)C(C)(C)C5CCC43C)C12. The number of hydrogen-bond donors (Lipinski definition) is 7. The predicted molar refractivity (Wildman–Crippen MR) is 168 cm³/mol. The Morgan fingerprint density at radius 1 is 0.778 bits per heavy atom. The van der Waals surface area contributed by atoms with Gasteiger partial charge in [-0.3, -0.25) is 0 Å². The zero-order valence-electron chi connectivity index (χ0n) is 28.7. The maximum Gasteiger partial charge on any atom is 0.186 e. The number of hydrogen-bond acceptors (Lipinski definition) is 9. The maximum atomic E-state index is 11.4. The zero-order chi connectivity index (χ0) is 33.1. The lowest BCUT2D eigenvalue weighted by Crippen LogP contribution is -2.67. The summed E-state index contributed by atoms with van der Waals surface area (Å²) in [5.41, 5.74) is -1.44. The molecule has 0 bridgehead atoms. The van der Waals surface area contributed by atoms with E-state index in [1.165, 1.54) is 0 Å². The van der Waals surface area contributed by atoms with Crippen LogP contribution >= 0.6 is 0 Å². The molecule has 260 valence electrons. The van der Waals surface area contributed by atoms with Crippen LogP contribution in [-0.2, 0) is 9.47 Å². The molecule has 0 aromatic heterocycles. The van der Waals surface area contributed by atoms with Gasteiger partial charge >= 0.3 is 0 Å². The maximum absolute atomic E-state index is 11.4. The summed E-state index contributed by atoms with van der Waals surface area (Å²) in [7, 11) is 0. The van der Waals surface area contributed by atoms with E-state index < -0.39 is 49.0 Å². The van der Waals surface area contributed by atoms with E-state index in [4.69, 9.17) is 9.47 Å². The van der Waals surface area contributed by atoms with Gasteiger partial charge in [-0.25, -0.2) is 0 Å². The summed E-state index contributed by atoms with van der Waals surface area (Å²) in [6, 6.07) is 0. The van der Waals surface area contributed by atoms with Crippen molar-refractivity contribution in [3.63, 3.8) is 0 Å². The third-order valence-corrected chi connectivity index (χ3v) is 15.9. The van der Waals surface area contributed by atoms with Crippen LogP contribution in [0.5, 0.6) is 0 Å². The van der Waals surface area contributed by atoms with Gasteiger partial charge in [0, 0.05) is 12.5 Å². The molecule has 7 N–H and O–H groups in total. The van der Waals surface area contributed by atoms with Gasteiger partial charge in [0.25, 0.3) is 0 Å². The van der Waals surface area contributed by atoms with Gasteiger partial charge in [-0.05, 0) is 122 Å². The van der Waals surface area contributed by atoms with Gasteiger partial charge in [0.15, 0.2) is 6.29 Å². The van der Waals surface area contributed by atoms with Crippen LogP contribution in [0.2, 0.25) is 0 Å². The molecule has 5 saturated carbocycles. The van der Waals surface area contributed by atoms with Gasteiger partial charge in [-0.15, -0.1) is 0 Å². The number of aliphatic hydroxyl groups is 7. The lowest BCUT2D eigenvalue weighted by atomic mass is 9.32. The Kier molecular flexibility index (Phi) is 8.49. The summed E-state index contributed by atoms with van der Waals surface area (Å²) in [6.45, 7) is 15.3. The van der Waals surface area contributed by atoms with E-state index >= 15 is 0 Å². The summed E-state index contributed by atoms with van der Waals surface area (Å²) in [6.07, 6.45) is 1.26. The van der Waals surface area contributed by atoms with Gasteiger partial charge in [0.2, 0.25) is 0 Å². The first-order valence-corrected chi connectivity index (χ1v) is 17.8. The number of aliphatic hydroxyl groups excluding tert-OH is 6. The number of ether oxygens (including phenoxy) is 2. The van der Waals surface area contributed by atoms with Gasteiger partial charge in [0.1, 0.15) is 24.4 Å². The van der Waals surface area contributed by atoms with Gasteiger partial charge in [0.05, 0.1) is 24.4 Å². The molecule has 5 aliphatic carbocycles. The molecule has 1 aliphatic heterocycles.